The van der Waals surface area contributed by atoms with Gasteiger partial charge in [-0.3, -0.25) is 14.5 Å². The van der Waals surface area contributed by atoms with E-state index in [0.29, 0.717) is 6.42 Å². The van der Waals surface area contributed by atoms with E-state index < -0.39 is 0 Å². The molecule has 0 aliphatic carbocycles. The van der Waals surface area contributed by atoms with Gasteiger partial charge < -0.3 is 15.5 Å². The predicted molar refractivity (Wildman–Crippen MR) is 86.7 cm³/mol. The Hall–Kier alpha value is -2.05. The molecule has 0 spiro atoms. The van der Waals surface area contributed by atoms with Crippen molar-refractivity contribution in [1.82, 2.24) is 25.3 Å². The third kappa shape index (κ3) is 4.47. The highest BCUT2D eigenvalue weighted by atomic mass is 16.2. The number of aromatic nitrogens is 2. The second kappa shape index (κ2) is 7.82. The standard InChI is InChI=1S/C15H26N6O/c1-4-14(22)20-7-5-13(11-20)19-15(16-3)17-6-8-21-10-12(2)9-18-21/h9-10,13H,4-8,11H2,1-3H3,(H2,16,17,19). The van der Waals surface area contributed by atoms with Crippen LogP contribution in [0.15, 0.2) is 17.4 Å². The van der Waals surface area contributed by atoms with Crippen molar-refractivity contribution in [3.05, 3.63) is 18.0 Å². The van der Waals surface area contributed by atoms with Crippen LogP contribution < -0.4 is 10.6 Å². The van der Waals surface area contributed by atoms with Gasteiger partial charge in [0.25, 0.3) is 0 Å². The molecule has 7 nitrogen and oxygen atoms in total. The highest BCUT2D eigenvalue weighted by Gasteiger charge is 2.25. The number of amides is 1. The second-order valence-corrected chi connectivity index (χ2v) is 5.60. The first-order chi connectivity index (χ1) is 10.6. The number of aryl methyl sites for hydroxylation is 1. The first-order valence-electron chi connectivity index (χ1n) is 7.86. The van der Waals surface area contributed by atoms with E-state index in [9.17, 15) is 4.79 Å². The van der Waals surface area contributed by atoms with Gasteiger partial charge in [0, 0.05) is 45.3 Å². The van der Waals surface area contributed by atoms with Crippen molar-refractivity contribution in [3.63, 3.8) is 0 Å². The number of rotatable bonds is 5. The minimum atomic E-state index is 0.223. The average Bonchev–Trinajstić information content (AvgIpc) is 3.14. The Morgan fingerprint density at radius 1 is 1.55 bits per heavy atom. The van der Waals surface area contributed by atoms with Crippen LogP contribution in [0.25, 0.3) is 0 Å². The molecule has 0 radical (unpaired) electrons. The molecule has 1 aliphatic rings. The van der Waals surface area contributed by atoms with Gasteiger partial charge in [0.05, 0.1) is 12.7 Å². The molecular weight excluding hydrogens is 280 g/mol. The third-order valence-electron chi connectivity index (χ3n) is 3.80. The largest absolute Gasteiger partial charge is 0.355 e. The number of nitrogens with one attached hydrogen (secondary N) is 2. The maximum absolute atomic E-state index is 11.7. The molecule has 2 N–H and O–H groups in total. The van der Waals surface area contributed by atoms with Gasteiger partial charge in [-0.15, -0.1) is 0 Å². The van der Waals surface area contributed by atoms with E-state index in [-0.39, 0.29) is 11.9 Å². The molecule has 1 unspecified atom stereocenters. The van der Waals surface area contributed by atoms with E-state index >= 15 is 0 Å². The zero-order valence-electron chi connectivity index (χ0n) is 13.7. The molecule has 1 fully saturated rings. The molecule has 0 bridgehead atoms. The summed E-state index contributed by atoms with van der Waals surface area (Å²) in [7, 11) is 1.76. The van der Waals surface area contributed by atoms with Gasteiger partial charge in [-0.25, -0.2) is 0 Å². The molecule has 1 aromatic heterocycles. The van der Waals surface area contributed by atoms with Crippen molar-refractivity contribution >= 4 is 11.9 Å². The number of carbonyl (C=O) groups is 1. The SMILES string of the molecule is CCC(=O)N1CCC(NC(=NC)NCCn2cc(C)cn2)C1. The summed E-state index contributed by atoms with van der Waals surface area (Å²) in [5, 5.41) is 10.9. The average molecular weight is 306 g/mol. The zero-order valence-corrected chi connectivity index (χ0v) is 13.7. The fourth-order valence-corrected chi connectivity index (χ4v) is 2.59. The molecule has 1 aliphatic heterocycles. The van der Waals surface area contributed by atoms with Crippen molar-refractivity contribution in [3.8, 4) is 0 Å². The number of guanidine groups is 1. The Kier molecular flexibility index (Phi) is 5.80. The maximum Gasteiger partial charge on any atom is 0.222 e. The van der Waals surface area contributed by atoms with Gasteiger partial charge in [-0.05, 0) is 18.9 Å². The normalized spacial score (nSPS) is 18.6. The molecule has 2 rings (SSSR count). The van der Waals surface area contributed by atoms with Crippen LogP contribution in [-0.2, 0) is 11.3 Å². The Bertz CT molecular complexity index is 524. The van der Waals surface area contributed by atoms with Crippen molar-refractivity contribution in [2.24, 2.45) is 4.99 Å². The van der Waals surface area contributed by atoms with Gasteiger partial charge in [-0.2, -0.15) is 5.10 Å². The van der Waals surface area contributed by atoms with Crippen LogP contribution in [0.5, 0.6) is 0 Å². The highest BCUT2D eigenvalue weighted by molar-refractivity contribution is 5.80. The molecular formula is C15H26N6O. The molecule has 0 saturated carbocycles. The topological polar surface area (TPSA) is 74.6 Å². The van der Waals surface area contributed by atoms with Gasteiger partial charge in [-0.1, -0.05) is 6.92 Å². The molecule has 1 atom stereocenters. The summed E-state index contributed by atoms with van der Waals surface area (Å²) in [6.45, 7) is 7.06. The lowest BCUT2D eigenvalue weighted by atomic mass is 10.3. The lowest BCUT2D eigenvalue weighted by Gasteiger charge is -2.18. The van der Waals surface area contributed by atoms with Crippen LogP contribution in [0, 0.1) is 6.92 Å². The summed E-state index contributed by atoms with van der Waals surface area (Å²) in [5.41, 5.74) is 1.16. The van der Waals surface area contributed by atoms with E-state index in [1.807, 2.05) is 35.8 Å². The Morgan fingerprint density at radius 2 is 2.36 bits per heavy atom. The van der Waals surface area contributed by atoms with Gasteiger partial charge in [0.2, 0.25) is 5.91 Å². The third-order valence-corrected chi connectivity index (χ3v) is 3.80. The zero-order chi connectivity index (χ0) is 15.9. The predicted octanol–water partition coefficient (Wildman–Crippen LogP) is 0.367. The van der Waals surface area contributed by atoms with Crippen LogP contribution in [0.1, 0.15) is 25.3 Å². The number of hydrogen-bond donors (Lipinski definition) is 2. The first-order valence-corrected chi connectivity index (χ1v) is 7.86. The quantitative estimate of drug-likeness (QED) is 0.609. The van der Waals surface area contributed by atoms with E-state index in [2.05, 4.69) is 20.7 Å². The lowest BCUT2D eigenvalue weighted by molar-refractivity contribution is -0.129. The lowest BCUT2D eigenvalue weighted by Crippen LogP contribution is -2.45. The van der Waals surface area contributed by atoms with E-state index in [1.54, 1.807) is 7.05 Å². The van der Waals surface area contributed by atoms with E-state index in [1.165, 1.54) is 0 Å². The van der Waals surface area contributed by atoms with Crippen molar-refractivity contribution in [1.29, 1.82) is 0 Å². The monoisotopic (exact) mass is 306 g/mol. The van der Waals surface area contributed by atoms with Crippen molar-refractivity contribution in [2.75, 3.05) is 26.7 Å². The van der Waals surface area contributed by atoms with Crippen LogP contribution in [0.2, 0.25) is 0 Å². The van der Waals surface area contributed by atoms with Crippen LogP contribution >= 0.6 is 0 Å². The summed E-state index contributed by atoms with van der Waals surface area (Å²) in [6.07, 6.45) is 5.40. The fraction of sp³-hybridized carbons (Fsp3) is 0.667. The number of carbonyl (C=O) groups excluding carboxylic acids is 1. The molecule has 1 aromatic rings. The Morgan fingerprint density at radius 3 is 3.00 bits per heavy atom. The van der Waals surface area contributed by atoms with E-state index in [4.69, 9.17) is 0 Å². The maximum atomic E-state index is 11.7. The Balaban J connectivity index is 1.72. The molecule has 1 amide bonds. The van der Waals surface area contributed by atoms with Gasteiger partial charge in [0.1, 0.15) is 0 Å². The van der Waals surface area contributed by atoms with Crippen LogP contribution in [-0.4, -0.2) is 59.3 Å². The van der Waals surface area contributed by atoms with Crippen LogP contribution in [0.4, 0.5) is 0 Å². The van der Waals surface area contributed by atoms with Crippen LogP contribution in [0.3, 0.4) is 0 Å². The van der Waals surface area contributed by atoms with E-state index in [0.717, 1.165) is 44.1 Å². The molecule has 122 valence electrons. The summed E-state index contributed by atoms with van der Waals surface area (Å²) < 4.78 is 1.91. The number of aliphatic imine (C=N–C) groups is 1. The highest BCUT2D eigenvalue weighted by Crippen LogP contribution is 2.10. The minimum Gasteiger partial charge on any atom is -0.355 e. The second-order valence-electron chi connectivity index (χ2n) is 5.60. The smallest absolute Gasteiger partial charge is 0.222 e. The molecule has 0 aromatic carbocycles. The van der Waals surface area contributed by atoms with Gasteiger partial charge in [0.15, 0.2) is 5.96 Å². The Labute approximate surface area is 131 Å². The number of likely N-dealkylation sites (tertiary alicyclic amines) is 1. The molecule has 22 heavy (non-hydrogen) atoms. The number of nitrogens with zero attached hydrogens (tertiary/aromatic N) is 4. The summed E-state index contributed by atoms with van der Waals surface area (Å²) in [4.78, 5) is 17.8. The molecule has 7 heteroatoms. The minimum absolute atomic E-state index is 0.223. The molecule has 1 saturated heterocycles. The summed E-state index contributed by atoms with van der Waals surface area (Å²) >= 11 is 0. The van der Waals surface area contributed by atoms with Gasteiger partial charge >= 0.3 is 0 Å². The number of hydrogen-bond acceptors (Lipinski definition) is 3. The summed E-state index contributed by atoms with van der Waals surface area (Å²) in [6, 6.07) is 0.272. The molecule has 2 heterocycles. The fourth-order valence-electron chi connectivity index (χ4n) is 2.59. The summed E-state index contributed by atoms with van der Waals surface area (Å²) in [5.74, 6) is 1.00. The van der Waals surface area contributed by atoms with Crippen molar-refractivity contribution < 1.29 is 4.79 Å². The first kappa shape index (κ1) is 16.3. The van der Waals surface area contributed by atoms with Crippen molar-refractivity contribution in [2.45, 2.75) is 39.3 Å².